The Labute approximate surface area is 149 Å². The zero-order valence-corrected chi connectivity index (χ0v) is 14.0. The molecule has 2 aromatic rings. The van der Waals surface area contributed by atoms with Crippen molar-refractivity contribution in [1.29, 1.82) is 0 Å². The van der Waals surface area contributed by atoms with E-state index in [1.807, 2.05) is 18.2 Å². The van der Waals surface area contributed by atoms with Crippen molar-refractivity contribution in [3.8, 4) is 11.5 Å². The number of amides is 1. The third-order valence-electron chi connectivity index (χ3n) is 3.49. The first-order chi connectivity index (χ1) is 12.1. The van der Waals surface area contributed by atoms with Crippen LogP contribution in [-0.4, -0.2) is 37.7 Å². The molecule has 1 aliphatic heterocycles. The highest BCUT2D eigenvalue weighted by atomic mass is 35.5. The zero-order chi connectivity index (χ0) is 17.6. The molecule has 0 aromatic heterocycles. The van der Waals surface area contributed by atoms with Crippen LogP contribution >= 0.6 is 11.6 Å². The van der Waals surface area contributed by atoms with Crippen molar-refractivity contribution in [3.63, 3.8) is 0 Å². The van der Waals surface area contributed by atoms with Gasteiger partial charge in [0, 0.05) is 5.02 Å². The molecular weight excluding hydrogens is 346 g/mol. The summed E-state index contributed by atoms with van der Waals surface area (Å²) in [7, 11) is 0. The van der Waals surface area contributed by atoms with Crippen LogP contribution in [0.2, 0.25) is 5.02 Å². The quantitative estimate of drug-likeness (QED) is 0.828. The molecule has 1 heterocycles. The molecule has 0 fully saturated rings. The summed E-state index contributed by atoms with van der Waals surface area (Å²) in [4.78, 5) is 23.7. The summed E-state index contributed by atoms with van der Waals surface area (Å²) in [6, 6.07) is 13.7. The largest absolute Gasteiger partial charge is 0.486 e. The maximum absolute atomic E-state index is 11.8. The predicted molar refractivity (Wildman–Crippen MR) is 91.1 cm³/mol. The number of nitrogens with one attached hydrogen (secondary N) is 1. The minimum absolute atomic E-state index is 0.252. The molecule has 7 heteroatoms. The molecule has 2 aromatic carbocycles. The standard InChI is InChI=1S/C18H16ClNO5/c19-13-5-3-4-12(8-13)18(22)24-11-17(21)20-9-14-10-23-15-6-1-2-7-16(15)25-14/h1-8,14H,9-11H2,(H,20,21). The van der Waals surface area contributed by atoms with Crippen LogP contribution in [0, 0.1) is 0 Å². The number of halogens is 1. The van der Waals surface area contributed by atoms with Crippen LogP contribution in [0.25, 0.3) is 0 Å². The predicted octanol–water partition coefficient (Wildman–Crippen LogP) is 2.45. The number of para-hydroxylation sites is 2. The molecule has 0 bridgehead atoms. The number of hydrogen-bond donors (Lipinski definition) is 1. The fourth-order valence-corrected chi connectivity index (χ4v) is 2.46. The number of esters is 1. The van der Waals surface area contributed by atoms with Gasteiger partial charge in [-0.15, -0.1) is 0 Å². The first-order valence-corrected chi connectivity index (χ1v) is 8.07. The molecule has 0 spiro atoms. The molecular formula is C18H16ClNO5. The summed E-state index contributed by atoms with van der Waals surface area (Å²) in [5.74, 6) is 0.294. The first-order valence-electron chi connectivity index (χ1n) is 7.69. The molecule has 25 heavy (non-hydrogen) atoms. The highest BCUT2D eigenvalue weighted by Crippen LogP contribution is 2.30. The maximum atomic E-state index is 11.8. The van der Waals surface area contributed by atoms with E-state index in [4.69, 9.17) is 25.8 Å². The maximum Gasteiger partial charge on any atom is 0.338 e. The van der Waals surface area contributed by atoms with Gasteiger partial charge in [0.2, 0.25) is 0 Å². The van der Waals surface area contributed by atoms with E-state index < -0.39 is 11.9 Å². The third kappa shape index (κ3) is 4.64. The van der Waals surface area contributed by atoms with E-state index in [0.717, 1.165) is 0 Å². The zero-order valence-electron chi connectivity index (χ0n) is 13.2. The minimum atomic E-state index is -0.608. The second-order valence-corrected chi connectivity index (χ2v) is 5.82. The van der Waals surface area contributed by atoms with Crippen molar-refractivity contribution in [3.05, 3.63) is 59.1 Å². The van der Waals surface area contributed by atoms with Crippen molar-refractivity contribution in [2.45, 2.75) is 6.10 Å². The molecule has 3 rings (SSSR count). The summed E-state index contributed by atoms with van der Waals surface area (Å²) in [6.07, 6.45) is -0.303. The van der Waals surface area contributed by atoms with Gasteiger partial charge in [-0.1, -0.05) is 29.8 Å². The van der Waals surface area contributed by atoms with Crippen molar-refractivity contribution in [2.75, 3.05) is 19.8 Å². The molecule has 1 unspecified atom stereocenters. The van der Waals surface area contributed by atoms with Crippen LogP contribution in [0.4, 0.5) is 0 Å². The van der Waals surface area contributed by atoms with Gasteiger partial charge in [0.15, 0.2) is 18.1 Å². The molecule has 0 saturated heterocycles. The number of rotatable bonds is 5. The number of carbonyl (C=O) groups excluding carboxylic acids is 2. The van der Waals surface area contributed by atoms with E-state index in [9.17, 15) is 9.59 Å². The van der Waals surface area contributed by atoms with Gasteiger partial charge in [-0.3, -0.25) is 4.79 Å². The smallest absolute Gasteiger partial charge is 0.338 e. The molecule has 6 nitrogen and oxygen atoms in total. The van der Waals surface area contributed by atoms with Gasteiger partial charge >= 0.3 is 5.97 Å². The number of benzene rings is 2. The first kappa shape index (κ1) is 17.1. The van der Waals surface area contributed by atoms with E-state index in [0.29, 0.717) is 28.7 Å². The summed E-state index contributed by atoms with van der Waals surface area (Å²) < 4.78 is 16.2. The van der Waals surface area contributed by atoms with Crippen LogP contribution in [0.5, 0.6) is 11.5 Å². The lowest BCUT2D eigenvalue weighted by atomic mass is 10.2. The number of fused-ring (bicyclic) bond motifs is 1. The molecule has 1 atom stereocenters. The summed E-state index contributed by atoms with van der Waals surface area (Å²) >= 11 is 5.81. The second-order valence-electron chi connectivity index (χ2n) is 5.39. The van der Waals surface area contributed by atoms with E-state index in [-0.39, 0.29) is 19.3 Å². The van der Waals surface area contributed by atoms with Crippen LogP contribution in [-0.2, 0) is 9.53 Å². The fourth-order valence-electron chi connectivity index (χ4n) is 2.27. The normalized spacial score (nSPS) is 15.3. The Balaban J connectivity index is 1.42. The topological polar surface area (TPSA) is 73.9 Å². The van der Waals surface area contributed by atoms with Gasteiger partial charge in [0.1, 0.15) is 12.7 Å². The Morgan fingerprint density at radius 1 is 1.16 bits per heavy atom. The lowest BCUT2D eigenvalue weighted by Crippen LogP contribution is -2.42. The Hall–Kier alpha value is -2.73. The molecule has 1 N–H and O–H groups in total. The van der Waals surface area contributed by atoms with Crippen molar-refractivity contribution in [2.24, 2.45) is 0 Å². The Morgan fingerprint density at radius 3 is 2.76 bits per heavy atom. The Morgan fingerprint density at radius 2 is 1.96 bits per heavy atom. The highest BCUT2D eigenvalue weighted by Gasteiger charge is 2.21. The van der Waals surface area contributed by atoms with E-state index in [1.165, 1.54) is 6.07 Å². The third-order valence-corrected chi connectivity index (χ3v) is 3.72. The molecule has 1 aliphatic rings. The fraction of sp³-hybridized carbons (Fsp3) is 0.222. The Kier molecular flexibility index (Phi) is 5.40. The molecule has 0 aliphatic carbocycles. The molecule has 1 amide bonds. The second kappa shape index (κ2) is 7.90. The van der Waals surface area contributed by atoms with Crippen LogP contribution in [0.15, 0.2) is 48.5 Å². The SMILES string of the molecule is O=C(COC(=O)c1cccc(Cl)c1)NCC1COc2ccccc2O1. The van der Waals surface area contributed by atoms with Gasteiger partial charge in [-0.25, -0.2) is 4.79 Å². The van der Waals surface area contributed by atoms with Gasteiger partial charge in [-0.05, 0) is 30.3 Å². The number of hydrogen-bond acceptors (Lipinski definition) is 5. The molecule has 0 saturated carbocycles. The van der Waals surface area contributed by atoms with Crippen molar-refractivity contribution >= 4 is 23.5 Å². The van der Waals surface area contributed by atoms with Gasteiger partial charge in [0.05, 0.1) is 12.1 Å². The number of ether oxygens (including phenoxy) is 3. The number of carbonyl (C=O) groups is 2. The van der Waals surface area contributed by atoms with Crippen LogP contribution in [0.1, 0.15) is 10.4 Å². The average Bonchev–Trinajstić information content (AvgIpc) is 2.64. The monoisotopic (exact) mass is 361 g/mol. The molecule has 0 radical (unpaired) electrons. The summed E-state index contributed by atoms with van der Waals surface area (Å²) in [6.45, 7) is 0.205. The van der Waals surface area contributed by atoms with E-state index in [2.05, 4.69) is 5.32 Å². The highest BCUT2D eigenvalue weighted by molar-refractivity contribution is 6.30. The molecule has 130 valence electrons. The van der Waals surface area contributed by atoms with E-state index >= 15 is 0 Å². The van der Waals surface area contributed by atoms with Gasteiger partial charge in [-0.2, -0.15) is 0 Å². The lowest BCUT2D eigenvalue weighted by molar-refractivity contribution is -0.124. The van der Waals surface area contributed by atoms with Gasteiger partial charge < -0.3 is 19.5 Å². The van der Waals surface area contributed by atoms with E-state index in [1.54, 1.807) is 24.3 Å². The van der Waals surface area contributed by atoms with Crippen LogP contribution in [0.3, 0.4) is 0 Å². The van der Waals surface area contributed by atoms with Crippen LogP contribution < -0.4 is 14.8 Å². The van der Waals surface area contributed by atoms with Crippen molar-refractivity contribution in [1.82, 2.24) is 5.32 Å². The summed E-state index contributed by atoms with van der Waals surface area (Å²) in [5.41, 5.74) is 0.293. The lowest BCUT2D eigenvalue weighted by Gasteiger charge is -2.26. The van der Waals surface area contributed by atoms with Crippen molar-refractivity contribution < 1.29 is 23.8 Å². The van der Waals surface area contributed by atoms with Gasteiger partial charge in [0.25, 0.3) is 5.91 Å². The average molecular weight is 362 g/mol. The Bertz CT molecular complexity index is 780. The minimum Gasteiger partial charge on any atom is -0.486 e. The summed E-state index contributed by atoms with van der Waals surface area (Å²) in [5, 5.41) is 3.08.